The summed E-state index contributed by atoms with van der Waals surface area (Å²) in [7, 11) is 0. The second kappa shape index (κ2) is 10.0. The second-order valence-electron chi connectivity index (χ2n) is 7.12. The maximum atomic E-state index is 13.0. The molecule has 3 aromatic rings. The van der Waals surface area contributed by atoms with Gasteiger partial charge >= 0.3 is 0 Å². The van der Waals surface area contributed by atoms with Crippen LogP contribution in [0.15, 0.2) is 37.2 Å². The number of allylic oxidation sites excluding steroid dienone is 1. The maximum absolute atomic E-state index is 13.0. The lowest BCUT2D eigenvalue weighted by molar-refractivity contribution is 0.571. The van der Waals surface area contributed by atoms with E-state index in [1.54, 1.807) is 6.07 Å². The molecule has 0 atom stereocenters. The number of hydrogen-bond acceptors (Lipinski definition) is 2. The average molecular weight is 383 g/mol. The SMILES string of the molecule is C=C(C)c1c(C)cccc1F.CCCc1c(-c2[nH]ncc2C)cnn1CCC. The summed E-state index contributed by atoms with van der Waals surface area (Å²) in [5.74, 6) is -0.183. The molecule has 0 unspecified atom stereocenters. The summed E-state index contributed by atoms with van der Waals surface area (Å²) in [6.07, 6.45) is 7.13. The summed E-state index contributed by atoms with van der Waals surface area (Å²) in [6, 6.07) is 5.04. The number of halogens is 1. The number of nitrogens with zero attached hydrogens (tertiary/aromatic N) is 3. The fourth-order valence-corrected chi connectivity index (χ4v) is 3.32. The van der Waals surface area contributed by atoms with E-state index in [0.717, 1.165) is 42.6 Å². The van der Waals surface area contributed by atoms with Crippen molar-refractivity contribution in [3.63, 3.8) is 0 Å². The molecule has 0 aliphatic rings. The molecule has 2 aromatic heterocycles. The number of benzene rings is 1. The number of hydrogen-bond donors (Lipinski definition) is 1. The first-order chi connectivity index (χ1) is 13.4. The molecule has 150 valence electrons. The van der Waals surface area contributed by atoms with Crippen LogP contribution in [0.3, 0.4) is 0 Å². The van der Waals surface area contributed by atoms with Crippen molar-refractivity contribution in [2.75, 3.05) is 0 Å². The lowest BCUT2D eigenvalue weighted by atomic mass is 10.0. The minimum absolute atomic E-state index is 0.183. The highest BCUT2D eigenvalue weighted by atomic mass is 19.1. The molecule has 0 aliphatic carbocycles. The van der Waals surface area contributed by atoms with Crippen LogP contribution in [0.2, 0.25) is 0 Å². The molecule has 1 N–H and O–H groups in total. The summed E-state index contributed by atoms with van der Waals surface area (Å²) in [5.41, 5.74) is 7.18. The summed E-state index contributed by atoms with van der Waals surface area (Å²) in [4.78, 5) is 0. The van der Waals surface area contributed by atoms with Gasteiger partial charge in [-0.2, -0.15) is 10.2 Å². The Morgan fingerprint density at radius 3 is 2.39 bits per heavy atom. The number of aromatic nitrogens is 4. The Kier molecular flexibility index (Phi) is 7.73. The molecule has 0 spiro atoms. The number of H-pyrrole nitrogens is 1. The van der Waals surface area contributed by atoms with Crippen molar-refractivity contribution in [2.24, 2.45) is 0 Å². The molecule has 3 rings (SSSR count). The zero-order valence-corrected chi connectivity index (χ0v) is 17.6. The zero-order chi connectivity index (χ0) is 20.7. The highest BCUT2D eigenvalue weighted by Crippen LogP contribution is 2.25. The fraction of sp³-hybridized carbons (Fsp3) is 0.391. The van der Waals surface area contributed by atoms with E-state index in [4.69, 9.17) is 0 Å². The molecule has 4 nitrogen and oxygen atoms in total. The number of nitrogens with one attached hydrogen (secondary N) is 1. The quantitative estimate of drug-likeness (QED) is 0.559. The Morgan fingerprint density at radius 2 is 1.89 bits per heavy atom. The molecule has 0 bridgehead atoms. The maximum Gasteiger partial charge on any atom is 0.130 e. The monoisotopic (exact) mass is 382 g/mol. The molecular weight excluding hydrogens is 351 g/mol. The summed E-state index contributed by atoms with van der Waals surface area (Å²) in [6.45, 7) is 14.8. The first-order valence-corrected chi connectivity index (χ1v) is 9.86. The summed E-state index contributed by atoms with van der Waals surface area (Å²) in [5, 5.41) is 11.7. The molecular formula is C23H31FN4. The Morgan fingerprint density at radius 1 is 1.14 bits per heavy atom. The summed E-state index contributed by atoms with van der Waals surface area (Å²) >= 11 is 0. The number of rotatable bonds is 6. The van der Waals surface area contributed by atoms with Crippen LogP contribution in [0.25, 0.3) is 16.8 Å². The van der Waals surface area contributed by atoms with Gasteiger partial charge in [0.05, 0.1) is 18.1 Å². The van der Waals surface area contributed by atoms with Gasteiger partial charge in [-0.25, -0.2) is 4.39 Å². The van der Waals surface area contributed by atoms with Gasteiger partial charge in [0, 0.05) is 23.4 Å². The van der Waals surface area contributed by atoms with Crippen molar-refractivity contribution in [1.82, 2.24) is 20.0 Å². The van der Waals surface area contributed by atoms with Crippen molar-refractivity contribution in [3.05, 3.63) is 65.4 Å². The fourth-order valence-electron chi connectivity index (χ4n) is 3.32. The molecule has 28 heavy (non-hydrogen) atoms. The van der Waals surface area contributed by atoms with Crippen LogP contribution in [0.4, 0.5) is 4.39 Å². The molecule has 5 heteroatoms. The van der Waals surface area contributed by atoms with Crippen LogP contribution in [0.1, 0.15) is 56.0 Å². The topological polar surface area (TPSA) is 46.5 Å². The first-order valence-electron chi connectivity index (χ1n) is 9.86. The largest absolute Gasteiger partial charge is 0.277 e. The predicted molar refractivity (Wildman–Crippen MR) is 115 cm³/mol. The van der Waals surface area contributed by atoms with Gasteiger partial charge in [-0.1, -0.05) is 39.0 Å². The number of aryl methyl sites for hydroxylation is 3. The van der Waals surface area contributed by atoms with Gasteiger partial charge in [-0.05, 0) is 56.4 Å². The van der Waals surface area contributed by atoms with Gasteiger partial charge in [0.15, 0.2) is 0 Å². The normalized spacial score (nSPS) is 10.5. The predicted octanol–water partition coefficient (Wildman–Crippen LogP) is 6.11. The van der Waals surface area contributed by atoms with Crippen LogP contribution in [0, 0.1) is 19.7 Å². The van der Waals surface area contributed by atoms with E-state index in [2.05, 4.69) is 47.3 Å². The smallest absolute Gasteiger partial charge is 0.130 e. The van der Waals surface area contributed by atoms with E-state index in [1.165, 1.54) is 22.9 Å². The standard InChI is InChI=1S/C13H20N4.C10H11F/c1-4-6-12-11(9-15-17(12)7-5-2)13-10(3)8-14-16-13;1-7(2)10-8(3)5-4-6-9(10)11/h8-9H,4-7H2,1-3H3,(H,14,16);4-6H,1H2,2-3H3. The average Bonchev–Trinajstić information content (AvgIpc) is 3.22. The van der Waals surface area contributed by atoms with Crippen molar-refractivity contribution in [2.45, 2.75) is 60.4 Å². The van der Waals surface area contributed by atoms with E-state index in [1.807, 2.05) is 32.3 Å². The van der Waals surface area contributed by atoms with Crippen LogP contribution in [-0.4, -0.2) is 20.0 Å². The third kappa shape index (κ3) is 4.97. The second-order valence-corrected chi connectivity index (χ2v) is 7.12. The van der Waals surface area contributed by atoms with Crippen molar-refractivity contribution < 1.29 is 4.39 Å². The molecule has 0 aliphatic heterocycles. The Labute approximate surface area is 167 Å². The lowest BCUT2D eigenvalue weighted by Gasteiger charge is -2.07. The van der Waals surface area contributed by atoms with Gasteiger partial charge in [-0.15, -0.1) is 0 Å². The molecule has 0 saturated carbocycles. The van der Waals surface area contributed by atoms with Gasteiger partial charge < -0.3 is 0 Å². The molecule has 0 amide bonds. The molecule has 2 heterocycles. The lowest BCUT2D eigenvalue weighted by Crippen LogP contribution is -2.05. The highest BCUT2D eigenvalue weighted by Gasteiger charge is 2.14. The minimum Gasteiger partial charge on any atom is -0.277 e. The van der Waals surface area contributed by atoms with Gasteiger partial charge in [0.1, 0.15) is 5.82 Å². The Hall–Kier alpha value is -2.69. The van der Waals surface area contributed by atoms with Crippen LogP contribution in [0.5, 0.6) is 0 Å². The molecule has 1 aromatic carbocycles. The molecule has 0 saturated heterocycles. The Bertz CT molecular complexity index is 900. The van der Waals surface area contributed by atoms with Crippen LogP contribution < -0.4 is 0 Å². The summed E-state index contributed by atoms with van der Waals surface area (Å²) < 4.78 is 15.2. The third-order valence-corrected chi connectivity index (χ3v) is 4.62. The van der Waals surface area contributed by atoms with E-state index in [9.17, 15) is 4.39 Å². The zero-order valence-electron chi connectivity index (χ0n) is 17.6. The van der Waals surface area contributed by atoms with E-state index in [0.29, 0.717) is 5.56 Å². The van der Waals surface area contributed by atoms with Gasteiger partial charge in [-0.3, -0.25) is 9.78 Å². The molecule has 0 fully saturated rings. The van der Waals surface area contributed by atoms with Crippen molar-refractivity contribution >= 4 is 5.57 Å². The van der Waals surface area contributed by atoms with Crippen molar-refractivity contribution in [1.29, 1.82) is 0 Å². The van der Waals surface area contributed by atoms with Crippen LogP contribution >= 0.6 is 0 Å². The van der Waals surface area contributed by atoms with E-state index < -0.39 is 0 Å². The first kappa shape index (κ1) is 21.6. The van der Waals surface area contributed by atoms with Gasteiger partial charge in [0.2, 0.25) is 0 Å². The van der Waals surface area contributed by atoms with E-state index in [-0.39, 0.29) is 5.82 Å². The highest BCUT2D eigenvalue weighted by molar-refractivity contribution is 5.65. The molecule has 0 radical (unpaired) electrons. The van der Waals surface area contributed by atoms with Gasteiger partial charge in [0.25, 0.3) is 0 Å². The van der Waals surface area contributed by atoms with E-state index >= 15 is 0 Å². The minimum atomic E-state index is -0.183. The number of aromatic amines is 1. The Balaban J connectivity index is 0.000000221. The van der Waals surface area contributed by atoms with Crippen LogP contribution in [-0.2, 0) is 13.0 Å². The third-order valence-electron chi connectivity index (χ3n) is 4.62. The van der Waals surface area contributed by atoms with Crippen molar-refractivity contribution in [3.8, 4) is 11.3 Å².